The number of nitrogens with one attached hydrogen (secondary N) is 2. The maximum atomic E-state index is 6.05. The number of halogens is 1. The summed E-state index contributed by atoms with van der Waals surface area (Å²) in [7, 11) is 0. The second kappa shape index (κ2) is 6.82. The molecule has 1 atom stereocenters. The van der Waals surface area contributed by atoms with Crippen LogP contribution in [0.15, 0.2) is 24.4 Å². The van der Waals surface area contributed by atoms with E-state index in [0.29, 0.717) is 6.04 Å². The number of H-pyrrole nitrogens is 1. The Hall–Kier alpha value is -1.03. The second-order valence-electron chi connectivity index (χ2n) is 5.98. The van der Waals surface area contributed by atoms with Crippen LogP contribution in [0, 0.1) is 0 Å². The third kappa shape index (κ3) is 3.60. The molecule has 114 valence electrons. The summed E-state index contributed by atoms with van der Waals surface area (Å²) in [5.74, 6) is 0. The highest BCUT2D eigenvalue weighted by Crippen LogP contribution is 2.23. The molecule has 0 radical (unpaired) electrons. The monoisotopic (exact) mass is 305 g/mol. The van der Waals surface area contributed by atoms with Crippen molar-refractivity contribution in [2.24, 2.45) is 0 Å². The van der Waals surface area contributed by atoms with Crippen LogP contribution in [0.4, 0.5) is 0 Å². The zero-order valence-electron chi connectivity index (χ0n) is 12.7. The van der Waals surface area contributed by atoms with E-state index in [2.05, 4.69) is 34.4 Å². The van der Waals surface area contributed by atoms with Gasteiger partial charge >= 0.3 is 0 Å². The average Bonchev–Trinajstić information content (AvgIpc) is 2.89. The highest BCUT2D eigenvalue weighted by atomic mass is 35.5. The SMILES string of the molecule is CCN(Cc1c[nH]c2cc(Cl)ccc12)CC1CCCCN1. The summed E-state index contributed by atoms with van der Waals surface area (Å²) in [5, 5.41) is 5.71. The summed E-state index contributed by atoms with van der Waals surface area (Å²) < 4.78 is 0. The molecule has 1 unspecified atom stereocenters. The van der Waals surface area contributed by atoms with Gasteiger partial charge in [0, 0.05) is 41.3 Å². The number of aromatic amines is 1. The number of fused-ring (bicyclic) bond motifs is 1. The Labute approximate surface area is 131 Å². The fraction of sp³-hybridized carbons (Fsp3) is 0.529. The Morgan fingerprint density at radius 2 is 2.24 bits per heavy atom. The maximum absolute atomic E-state index is 6.05. The molecule has 2 aromatic rings. The van der Waals surface area contributed by atoms with Gasteiger partial charge in [0.1, 0.15) is 0 Å². The number of rotatable bonds is 5. The van der Waals surface area contributed by atoms with Gasteiger partial charge in [0.2, 0.25) is 0 Å². The first-order valence-corrected chi connectivity index (χ1v) is 8.35. The van der Waals surface area contributed by atoms with E-state index in [-0.39, 0.29) is 0 Å². The van der Waals surface area contributed by atoms with Gasteiger partial charge in [-0.05, 0) is 43.6 Å². The van der Waals surface area contributed by atoms with Gasteiger partial charge in [-0.1, -0.05) is 31.0 Å². The van der Waals surface area contributed by atoms with Crippen LogP contribution in [-0.2, 0) is 6.54 Å². The first kappa shape index (κ1) is 14.9. The zero-order valence-corrected chi connectivity index (χ0v) is 13.4. The molecule has 3 nitrogen and oxygen atoms in total. The minimum absolute atomic E-state index is 0.651. The van der Waals surface area contributed by atoms with Gasteiger partial charge < -0.3 is 10.3 Å². The molecule has 21 heavy (non-hydrogen) atoms. The number of benzene rings is 1. The standard InChI is InChI=1S/C17H24ClN3/c1-2-21(12-15-5-3-4-8-19-15)11-13-10-20-17-9-14(18)6-7-16(13)17/h6-7,9-10,15,19-20H,2-5,8,11-12H2,1H3. The Kier molecular flexibility index (Phi) is 4.84. The molecule has 1 aromatic heterocycles. The number of hydrogen-bond donors (Lipinski definition) is 2. The van der Waals surface area contributed by atoms with Crippen molar-refractivity contribution in [3.8, 4) is 0 Å². The first-order chi connectivity index (χ1) is 10.3. The van der Waals surface area contributed by atoms with Crippen LogP contribution in [0.1, 0.15) is 31.7 Å². The highest BCUT2D eigenvalue weighted by molar-refractivity contribution is 6.31. The molecule has 0 aliphatic carbocycles. The summed E-state index contributed by atoms with van der Waals surface area (Å²) in [6.07, 6.45) is 6.12. The largest absolute Gasteiger partial charge is 0.361 e. The van der Waals surface area contributed by atoms with Gasteiger partial charge in [-0.15, -0.1) is 0 Å². The van der Waals surface area contributed by atoms with Crippen LogP contribution in [0.3, 0.4) is 0 Å². The highest BCUT2D eigenvalue weighted by Gasteiger charge is 2.16. The van der Waals surface area contributed by atoms with Gasteiger partial charge in [-0.3, -0.25) is 4.90 Å². The lowest BCUT2D eigenvalue weighted by Gasteiger charge is -2.29. The molecule has 0 amide bonds. The first-order valence-electron chi connectivity index (χ1n) is 7.97. The number of aromatic nitrogens is 1. The zero-order chi connectivity index (χ0) is 14.7. The number of hydrogen-bond acceptors (Lipinski definition) is 2. The quantitative estimate of drug-likeness (QED) is 0.880. The molecule has 1 aliphatic rings. The van der Waals surface area contributed by atoms with Gasteiger partial charge in [-0.2, -0.15) is 0 Å². The van der Waals surface area contributed by atoms with E-state index in [1.807, 2.05) is 12.1 Å². The van der Waals surface area contributed by atoms with Crippen LogP contribution >= 0.6 is 11.6 Å². The fourth-order valence-electron chi connectivity index (χ4n) is 3.23. The Bertz CT molecular complexity index is 587. The molecule has 0 bridgehead atoms. The van der Waals surface area contributed by atoms with E-state index in [1.54, 1.807) is 0 Å². The lowest BCUT2D eigenvalue weighted by molar-refractivity contribution is 0.227. The van der Waals surface area contributed by atoms with E-state index in [1.165, 1.54) is 36.8 Å². The minimum Gasteiger partial charge on any atom is -0.361 e. The van der Waals surface area contributed by atoms with E-state index >= 15 is 0 Å². The summed E-state index contributed by atoms with van der Waals surface area (Å²) in [6.45, 7) is 6.63. The van der Waals surface area contributed by atoms with Crippen molar-refractivity contribution < 1.29 is 0 Å². The van der Waals surface area contributed by atoms with Crippen molar-refractivity contribution in [2.75, 3.05) is 19.6 Å². The van der Waals surface area contributed by atoms with Crippen molar-refractivity contribution in [1.82, 2.24) is 15.2 Å². The Morgan fingerprint density at radius 3 is 3.00 bits per heavy atom. The summed E-state index contributed by atoms with van der Waals surface area (Å²) >= 11 is 6.05. The molecule has 1 aromatic carbocycles. The topological polar surface area (TPSA) is 31.1 Å². The molecule has 0 spiro atoms. The molecule has 2 heterocycles. The van der Waals surface area contributed by atoms with Crippen molar-refractivity contribution in [1.29, 1.82) is 0 Å². The summed E-state index contributed by atoms with van der Waals surface area (Å²) in [4.78, 5) is 5.86. The third-order valence-electron chi connectivity index (χ3n) is 4.46. The molecular weight excluding hydrogens is 282 g/mol. The van der Waals surface area contributed by atoms with Crippen molar-refractivity contribution >= 4 is 22.5 Å². The van der Waals surface area contributed by atoms with Crippen LogP contribution in [0.25, 0.3) is 10.9 Å². The number of nitrogens with zero attached hydrogens (tertiary/aromatic N) is 1. The predicted octanol–water partition coefficient (Wildman–Crippen LogP) is 3.79. The average molecular weight is 306 g/mol. The molecule has 1 fully saturated rings. The van der Waals surface area contributed by atoms with Crippen molar-refractivity contribution in [3.63, 3.8) is 0 Å². The number of likely N-dealkylation sites (N-methyl/N-ethyl adjacent to an activating group) is 1. The summed E-state index contributed by atoms with van der Waals surface area (Å²) in [5.41, 5.74) is 2.49. The van der Waals surface area contributed by atoms with E-state index in [9.17, 15) is 0 Å². The van der Waals surface area contributed by atoms with Gasteiger partial charge in [0.05, 0.1) is 0 Å². The van der Waals surface area contributed by atoms with Gasteiger partial charge in [0.25, 0.3) is 0 Å². The third-order valence-corrected chi connectivity index (χ3v) is 4.70. The minimum atomic E-state index is 0.651. The van der Waals surface area contributed by atoms with Crippen LogP contribution < -0.4 is 5.32 Å². The van der Waals surface area contributed by atoms with E-state index in [0.717, 1.165) is 30.2 Å². The molecule has 1 aliphatic heterocycles. The summed E-state index contributed by atoms with van der Waals surface area (Å²) in [6, 6.07) is 6.74. The molecule has 1 saturated heterocycles. The lowest BCUT2D eigenvalue weighted by Crippen LogP contribution is -2.43. The molecule has 4 heteroatoms. The molecule has 2 N–H and O–H groups in total. The molecule has 0 saturated carbocycles. The smallest absolute Gasteiger partial charge is 0.0472 e. The lowest BCUT2D eigenvalue weighted by atomic mass is 10.0. The van der Waals surface area contributed by atoms with Crippen molar-refractivity contribution in [2.45, 2.75) is 38.8 Å². The fourth-order valence-corrected chi connectivity index (χ4v) is 3.40. The van der Waals surface area contributed by atoms with Crippen LogP contribution in [0.2, 0.25) is 5.02 Å². The van der Waals surface area contributed by atoms with E-state index in [4.69, 9.17) is 11.6 Å². The second-order valence-corrected chi connectivity index (χ2v) is 6.41. The van der Waals surface area contributed by atoms with Gasteiger partial charge in [0.15, 0.2) is 0 Å². The van der Waals surface area contributed by atoms with Crippen LogP contribution in [-0.4, -0.2) is 35.6 Å². The molecular formula is C17H24ClN3. The Balaban J connectivity index is 1.69. The van der Waals surface area contributed by atoms with Crippen molar-refractivity contribution in [3.05, 3.63) is 35.0 Å². The predicted molar refractivity (Wildman–Crippen MR) is 89.9 cm³/mol. The normalized spacial score (nSPS) is 19.5. The molecule has 3 rings (SSSR count). The van der Waals surface area contributed by atoms with Gasteiger partial charge in [-0.25, -0.2) is 0 Å². The number of piperidine rings is 1. The van der Waals surface area contributed by atoms with E-state index < -0.39 is 0 Å². The van der Waals surface area contributed by atoms with Crippen LogP contribution in [0.5, 0.6) is 0 Å². The Morgan fingerprint density at radius 1 is 1.33 bits per heavy atom. The maximum Gasteiger partial charge on any atom is 0.0472 e.